The highest BCUT2D eigenvalue weighted by atomic mass is 19.1. The fourth-order valence-electron chi connectivity index (χ4n) is 0.670. The summed E-state index contributed by atoms with van der Waals surface area (Å²) in [5, 5.41) is 0. The third-order valence-corrected chi connectivity index (χ3v) is 1.07. The Morgan fingerprint density at radius 2 is 2.40 bits per heavy atom. The first-order valence-electron chi connectivity index (χ1n) is 2.86. The molecule has 0 bridgehead atoms. The number of nitrogens with two attached hydrogens (primary N) is 1. The molecular weight excluding hydrogens is 133 g/mol. The van der Waals surface area contributed by atoms with Gasteiger partial charge in [-0.1, -0.05) is 0 Å². The minimum Gasteiger partial charge on any atom is -0.271 e. The molecule has 0 aliphatic rings. The Morgan fingerprint density at radius 3 is 3.00 bits per heavy atom. The maximum Gasteiger partial charge on any atom is 0.141 e. The third kappa shape index (κ3) is 1.75. The highest BCUT2D eigenvalue weighted by Gasteiger charge is 1.92. The van der Waals surface area contributed by atoms with Crippen molar-refractivity contribution in [3.05, 3.63) is 29.8 Å². The van der Waals surface area contributed by atoms with Gasteiger partial charge in [0.15, 0.2) is 0 Å². The van der Waals surface area contributed by atoms with Crippen molar-refractivity contribution in [2.24, 2.45) is 5.84 Å². The van der Waals surface area contributed by atoms with Gasteiger partial charge >= 0.3 is 0 Å². The predicted molar refractivity (Wildman–Crippen MR) is 35.2 cm³/mol. The van der Waals surface area contributed by atoms with Crippen LogP contribution >= 0.6 is 0 Å². The van der Waals surface area contributed by atoms with E-state index in [0.717, 1.165) is 11.8 Å². The zero-order chi connectivity index (χ0) is 7.40. The molecule has 0 spiro atoms. The Labute approximate surface area is 58.0 Å². The van der Waals surface area contributed by atoms with Crippen LogP contribution in [0.3, 0.4) is 0 Å². The van der Waals surface area contributed by atoms with E-state index in [2.05, 4.69) is 10.4 Å². The van der Waals surface area contributed by atoms with Crippen molar-refractivity contribution in [3.63, 3.8) is 0 Å². The van der Waals surface area contributed by atoms with E-state index < -0.39 is 0 Å². The Kier molecular flexibility index (Phi) is 2.30. The Morgan fingerprint density at radius 1 is 1.60 bits per heavy atom. The molecule has 0 aliphatic heterocycles. The Bertz CT molecular complexity index is 214. The number of pyridine rings is 1. The van der Waals surface area contributed by atoms with Crippen LogP contribution in [0.25, 0.3) is 0 Å². The quantitative estimate of drug-likeness (QED) is 0.456. The zero-order valence-corrected chi connectivity index (χ0v) is 5.34. The van der Waals surface area contributed by atoms with Gasteiger partial charge in [0.1, 0.15) is 5.82 Å². The van der Waals surface area contributed by atoms with Crippen molar-refractivity contribution in [3.8, 4) is 0 Å². The van der Waals surface area contributed by atoms with Gasteiger partial charge in [-0.25, -0.2) is 4.39 Å². The molecule has 3 N–H and O–H groups in total. The molecule has 0 aromatic carbocycles. The van der Waals surface area contributed by atoms with Gasteiger partial charge in [0, 0.05) is 12.7 Å². The van der Waals surface area contributed by atoms with Gasteiger partial charge in [-0.15, -0.1) is 0 Å². The van der Waals surface area contributed by atoms with Crippen molar-refractivity contribution in [1.82, 2.24) is 10.4 Å². The normalized spacial score (nSPS) is 9.80. The van der Waals surface area contributed by atoms with Gasteiger partial charge in [-0.3, -0.25) is 16.3 Å². The molecule has 0 saturated carbocycles. The highest BCUT2D eigenvalue weighted by molar-refractivity contribution is 5.09. The SMILES string of the molecule is NNCc1cncc(F)c1. The van der Waals surface area contributed by atoms with Crippen molar-refractivity contribution in [2.45, 2.75) is 6.54 Å². The number of halogens is 1. The molecule has 0 unspecified atom stereocenters. The summed E-state index contributed by atoms with van der Waals surface area (Å²) < 4.78 is 12.4. The van der Waals surface area contributed by atoms with Crippen molar-refractivity contribution in [2.75, 3.05) is 0 Å². The fourth-order valence-corrected chi connectivity index (χ4v) is 0.670. The summed E-state index contributed by atoms with van der Waals surface area (Å²) >= 11 is 0. The van der Waals surface area contributed by atoms with Crippen LogP contribution in [-0.2, 0) is 6.54 Å². The second-order valence-electron chi connectivity index (χ2n) is 1.89. The van der Waals surface area contributed by atoms with Gasteiger partial charge in [-0.2, -0.15) is 0 Å². The van der Waals surface area contributed by atoms with E-state index >= 15 is 0 Å². The van der Waals surface area contributed by atoms with Gasteiger partial charge in [-0.05, 0) is 11.6 Å². The summed E-state index contributed by atoms with van der Waals surface area (Å²) in [5.74, 6) is 4.67. The lowest BCUT2D eigenvalue weighted by Gasteiger charge is -1.96. The molecule has 1 aromatic heterocycles. The number of hydrogen-bond donors (Lipinski definition) is 2. The summed E-state index contributed by atoms with van der Waals surface area (Å²) in [5.41, 5.74) is 3.14. The van der Waals surface area contributed by atoms with Crippen LogP contribution in [0.1, 0.15) is 5.56 Å². The average molecular weight is 141 g/mol. The molecule has 1 aromatic rings. The number of hydrogen-bond acceptors (Lipinski definition) is 3. The van der Waals surface area contributed by atoms with Crippen LogP contribution in [0.5, 0.6) is 0 Å². The molecule has 0 amide bonds. The summed E-state index contributed by atoms with van der Waals surface area (Å²) in [6.45, 7) is 0.435. The highest BCUT2D eigenvalue weighted by Crippen LogP contribution is 1.98. The van der Waals surface area contributed by atoms with Crippen molar-refractivity contribution < 1.29 is 4.39 Å². The van der Waals surface area contributed by atoms with Crippen LogP contribution in [0.4, 0.5) is 4.39 Å². The third-order valence-electron chi connectivity index (χ3n) is 1.07. The van der Waals surface area contributed by atoms with E-state index in [-0.39, 0.29) is 5.82 Å². The number of nitrogens with zero attached hydrogens (tertiary/aromatic N) is 1. The molecule has 1 rings (SSSR count). The molecule has 10 heavy (non-hydrogen) atoms. The predicted octanol–water partition coefficient (Wildman–Crippen LogP) is 0.184. The maximum absolute atomic E-state index is 12.4. The zero-order valence-electron chi connectivity index (χ0n) is 5.34. The Hall–Kier alpha value is -1.00. The van der Waals surface area contributed by atoms with Crippen LogP contribution in [-0.4, -0.2) is 4.98 Å². The first kappa shape index (κ1) is 7.11. The summed E-state index contributed by atoms with van der Waals surface area (Å²) in [6, 6.07) is 1.38. The first-order chi connectivity index (χ1) is 4.83. The second kappa shape index (κ2) is 3.24. The number of nitrogens with one attached hydrogen (secondary N) is 1. The molecule has 0 radical (unpaired) electrons. The van der Waals surface area contributed by atoms with E-state index in [4.69, 9.17) is 5.84 Å². The molecule has 1 heterocycles. The maximum atomic E-state index is 12.4. The van der Waals surface area contributed by atoms with Crippen LogP contribution in [0, 0.1) is 5.82 Å². The standard InChI is InChI=1S/C6H8FN3/c7-6-1-5(3-10-8)2-9-4-6/h1-2,4,10H,3,8H2. The van der Waals surface area contributed by atoms with Gasteiger partial charge in [0.25, 0.3) is 0 Å². The molecule has 4 heteroatoms. The van der Waals surface area contributed by atoms with Gasteiger partial charge in [0.2, 0.25) is 0 Å². The summed E-state index contributed by atoms with van der Waals surface area (Å²) in [7, 11) is 0. The van der Waals surface area contributed by atoms with Crippen LogP contribution in [0.2, 0.25) is 0 Å². The fraction of sp³-hybridized carbons (Fsp3) is 0.167. The van der Waals surface area contributed by atoms with E-state index in [1.807, 2.05) is 0 Å². The second-order valence-corrected chi connectivity index (χ2v) is 1.89. The van der Waals surface area contributed by atoms with E-state index in [9.17, 15) is 4.39 Å². The number of hydrazine groups is 1. The van der Waals surface area contributed by atoms with Crippen molar-refractivity contribution >= 4 is 0 Å². The topological polar surface area (TPSA) is 50.9 Å². The number of rotatable bonds is 2. The van der Waals surface area contributed by atoms with Crippen molar-refractivity contribution in [1.29, 1.82) is 0 Å². The largest absolute Gasteiger partial charge is 0.271 e. The lowest BCUT2D eigenvalue weighted by Crippen LogP contribution is -2.20. The smallest absolute Gasteiger partial charge is 0.141 e. The minimum absolute atomic E-state index is 0.340. The lowest BCUT2D eigenvalue weighted by molar-refractivity contribution is 0.615. The van der Waals surface area contributed by atoms with E-state index in [1.54, 1.807) is 6.20 Å². The molecule has 0 atom stereocenters. The van der Waals surface area contributed by atoms with Crippen LogP contribution < -0.4 is 11.3 Å². The van der Waals surface area contributed by atoms with Gasteiger partial charge in [0.05, 0.1) is 6.20 Å². The van der Waals surface area contributed by atoms with E-state index in [1.165, 1.54) is 6.07 Å². The first-order valence-corrected chi connectivity index (χ1v) is 2.86. The van der Waals surface area contributed by atoms with Gasteiger partial charge < -0.3 is 0 Å². The van der Waals surface area contributed by atoms with E-state index in [0.29, 0.717) is 6.54 Å². The summed E-state index contributed by atoms with van der Waals surface area (Å²) in [4.78, 5) is 3.63. The minimum atomic E-state index is -0.340. The molecule has 54 valence electrons. The van der Waals surface area contributed by atoms with Crippen LogP contribution in [0.15, 0.2) is 18.5 Å². The monoisotopic (exact) mass is 141 g/mol. The number of aromatic nitrogens is 1. The molecule has 0 aliphatic carbocycles. The Balaban J connectivity index is 2.75. The average Bonchev–Trinajstić information content (AvgIpc) is 1.88. The molecular formula is C6H8FN3. The molecule has 0 saturated heterocycles. The summed E-state index contributed by atoms with van der Waals surface area (Å²) in [6.07, 6.45) is 2.71. The molecule has 0 fully saturated rings. The molecule has 3 nitrogen and oxygen atoms in total. The lowest BCUT2D eigenvalue weighted by atomic mass is 10.3.